The summed E-state index contributed by atoms with van der Waals surface area (Å²) in [5.74, 6) is 0.954. The summed E-state index contributed by atoms with van der Waals surface area (Å²) in [6.07, 6.45) is 3.22. The molecule has 7 nitrogen and oxygen atoms in total. The average molecular weight is 224 g/mol. The molecule has 2 heterocycles. The van der Waals surface area contributed by atoms with E-state index in [4.69, 9.17) is 10.9 Å². The van der Waals surface area contributed by atoms with Crippen molar-refractivity contribution in [3.8, 4) is 5.13 Å². The van der Waals surface area contributed by atoms with Gasteiger partial charge in [-0.05, 0) is 6.92 Å². The van der Waals surface area contributed by atoms with Crippen LogP contribution in [-0.4, -0.2) is 30.0 Å². The number of aromatic nitrogens is 4. The van der Waals surface area contributed by atoms with Gasteiger partial charge in [0.1, 0.15) is 5.82 Å². The van der Waals surface area contributed by atoms with Crippen LogP contribution in [0.1, 0.15) is 11.6 Å². The SMILES string of the molecule is Cc1nsc(-n2ccnc2C(N)=NO)n1. The van der Waals surface area contributed by atoms with Crippen LogP contribution in [0.3, 0.4) is 0 Å². The molecule has 2 aromatic rings. The fraction of sp³-hybridized carbons (Fsp3) is 0.143. The summed E-state index contributed by atoms with van der Waals surface area (Å²) in [4.78, 5) is 8.13. The van der Waals surface area contributed by atoms with Crippen LogP contribution in [0.15, 0.2) is 17.5 Å². The van der Waals surface area contributed by atoms with Crippen molar-refractivity contribution < 1.29 is 5.21 Å². The van der Waals surface area contributed by atoms with Crippen LogP contribution in [0, 0.1) is 6.92 Å². The summed E-state index contributed by atoms with van der Waals surface area (Å²) < 4.78 is 5.65. The van der Waals surface area contributed by atoms with E-state index in [0.717, 1.165) is 0 Å². The van der Waals surface area contributed by atoms with Gasteiger partial charge in [0.05, 0.1) is 0 Å². The number of amidine groups is 1. The molecule has 0 saturated heterocycles. The second-order valence-corrected chi connectivity index (χ2v) is 3.46. The standard InChI is InChI=1S/C7H8N6OS/c1-4-10-7(15-12-4)13-3-2-9-6(13)5(8)11-14/h2-3,14H,1H3,(H2,8,11). The van der Waals surface area contributed by atoms with Crippen LogP contribution in [0.5, 0.6) is 0 Å². The molecule has 2 rings (SSSR count). The summed E-state index contributed by atoms with van der Waals surface area (Å²) in [5, 5.41) is 12.1. The summed E-state index contributed by atoms with van der Waals surface area (Å²) in [6.45, 7) is 1.79. The molecule has 0 aliphatic heterocycles. The molecule has 0 spiro atoms. The van der Waals surface area contributed by atoms with Crippen LogP contribution in [0.4, 0.5) is 0 Å². The number of nitrogens with zero attached hydrogens (tertiary/aromatic N) is 5. The van der Waals surface area contributed by atoms with Gasteiger partial charge in [-0.1, -0.05) is 5.16 Å². The largest absolute Gasteiger partial charge is 0.409 e. The van der Waals surface area contributed by atoms with Gasteiger partial charge in [0.2, 0.25) is 11.0 Å². The van der Waals surface area contributed by atoms with Gasteiger partial charge in [-0.15, -0.1) is 0 Å². The number of rotatable bonds is 2. The summed E-state index contributed by atoms with van der Waals surface area (Å²) >= 11 is 1.22. The molecule has 0 fully saturated rings. The second-order valence-electron chi connectivity index (χ2n) is 2.73. The zero-order valence-corrected chi connectivity index (χ0v) is 8.64. The molecule has 0 atom stereocenters. The monoisotopic (exact) mass is 224 g/mol. The Morgan fingerprint density at radius 2 is 2.47 bits per heavy atom. The van der Waals surface area contributed by atoms with E-state index in [9.17, 15) is 0 Å². The Balaban J connectivity index is 2.50. The van der Waals surface area contributed by atoms with Crippen molar-refractivity contribution in [3.05, 3.63) is 24.0 Å². The number of oxime groups is 1. The molecular formula is C7H8N6OS. The van der Waals surface area contributed by atoms with Crippen molar-refractivity contribution in [3.63, 3.8) is 0 Å². The van der Waals surface area contributed by atoms with Crippen molar-refractivity contribution in [2.45, 2.75) is 6.92 Å². The zero-order chi connectivity index (χ0) is 10.8. The van der Waals surface area contributed by atoms with E-state index in [0.29, 0.717) is 16.8 Å². The Morgan fingerprint density at radius 3 is 3.07 bits per heavy atom. The minimum Gasteiger partial charge on any atom is -0.409 e. The number of imidazole rings is 1. The van der Waals surface area contributed by atoms with E-state index < -0.39 is 0 Å². The Kier molecular flexibility index (Phi) is 2.34. The van der Waals surface area contributed by atoms with Gasteiger partial charge in [-0.3, -0.25) is 4.57 Å². The first kappa shape index (κ1) is 9.59. The van der Waals surface area contributed by atoms with Crippen molar-refractivity contribution in [2.75, 3.05) is 0 Å². The molecule has 0 bridgehead atoms. The highest BCUT2D eigenvalue weighted by molar-refractivity contribution is 7.08. The summed E-state index contributed by atoms with van der Waals surface area (Å²) in [5.41, 5.74) is 5.46. The third-order valence-electron chi connectivity index (χ3n) is 1.70. The lowest BCUT2D eigenvalue weighted by atomic mass is 10.5. The lowest BCUT2D eigenvalue weighted by Gasteiger charge is -2.00. The third kappa shape index (κ3) is 1.66. The first-order valence-electron chi connectivity index (χ1n) is 4.04. The maximum atomic E-state index is 8.56. The molecule has 2 aromatic heterocycles. The van der Waals surface area contributed by atoms with Crippen LogP contribution in [0.25, 0.3) is 5.13 Å². The molecule has 15 heavy (non-hydrogen) atoms. The summed E-state index contributed by atoms with van der Waals surface area (Å²) in [7, 11) is 0. The molecule has 0 aliphatic carbocycles. The topological polar surface area (TPSA) is 102 Å². The third-order valence-corrected chi connectivity index (χ3v) is 2.51. The first-order chi connectivity index (χ1) is 7.22. The maximum Gasteiger partial charge on any atom is 0.215 e. The van der Waals surface area contributed by atoms with Crippen LogP contribution in [0.2, 0.25) is 0 Å². The second kappa shape index (κ2) is 3.65. The van der Waals surface area contributed by atoms with E-state index in [1.807, 2.05) is 0 Å². The number of hydrogen-bond donors (Lipinski definition) is 2. The van der Waals surface area contributed by atoms with Crippen LogP contribution in [-0.2, 0) is 0 Å². The van der Waals surface area contributed by atoms with Crippen molar-refractivity contribution >= 4 is 17.4 Å². The molecule has 3 N–H and O–H groups in total. The smallest absolute Gasteiger partial charge is 0.215 e. The van der Waals surface area contributed by atoms with E-state index in [-0.39, 0.29) is 5.84 Å². The quantitative estimate of drug-likeness (QED) is 0.326. The van der Waals surface area contributed by atoms with E-state index in [1.165, 1.54) is 11.5 Å². The van der Waals surface area contributed by atoms with E-state index >= 15 is 0 Å². The number of aryl methyl sites for hydroxylation is 1. The lowest BCUT2D eigenvalue weighted by Crippen LogP contribution is -2.18. The average Bonchev–Trinajstić information content (AvgIpc) is 2.84. The molecule has 0 amide bonds. The molecule has 78 valence electrons. The fourth-order valence-corrected chi connectivity index (χ4v) is 1.74. The van der Waals surface area contributed by atoms with Gasteiger partial charge in [-0.25, -0.2) is 9.97 Å². The zero-order valence-electron chi connectivity index (χ0n) is 7.82. The van der Waals surface area contributed by atoms with Crippen LogP contribution >= 0.6 is 11.5 Å². The summed E-state index contributed by atoms with van der Waals surface area (Å²) in [6, 6.07) is 0. The normalized spacial score (nSPS) is 11.9. The predicted octanol–water partition coefficient (Wildman–Crippen LogP) is 0.127. The highest BCUT2D eigenvalue weighted by Gasteiger charge is 2.12. The molecule has 8 heteroatoms. The van der Waals surface area contributed by atoms with Gasteiger partial charge in [-0.2, -0.15) is 4.37 Å². The minimum absolute atomic E-state index is 0.0622. The van der Waals surface area contributed by atoms with Gasteiger partial charge in [0.25, 0.3) is 0 Å². The number of hydrogen-bond acceptors (Lipinski definition) is 6. The molecule has 0 radical (unpaired) electrons. The van der Waals surface area contributed by atoms with Gasteiger partial charge in [0.15, 0.2) is 5.82 Å². The van der Waals surface area contributed by atoms with Crippen molar-refractivity contribution in [1.29, 1.82) is 0 Å². The Labute approximate surface area is 89.1 Å². The maximum absolute atomic E-state index is 8.56. The Morgan fingerprint density at radius 1 is 1.67 bits per heavy atom. The van der Waals surface area contributed by atoms with Gasteiger partial charge >= 0.3 is 0 Å². The van der Waals surface area contributed by atoms with Gasteiger partial charge < -0.3 is 10.9 Å². The Bertz CT molecular complexity index is 501. The van der Waals surface area contributed by atoms with Crippen molar-refractivity contribution in [1.82, 2.24) is 18.9 Å². The predicted molar refractivity (Wildman–Crippen MR) is 54.3 cm³/mol. The molecule has 0 aromatic carbocycles. The molecular weight excluding hydrogens is 216 g/mol. The molecule has 0 aliphatic rings. The lowest BCUT2D eigenvalue weighted by molar-refractivity contribution is 0.318. The highest BCUT2D eigenvalue weighted by Crippen LogP contribution is 2.12. The van der Waals surface area contributed by atoms with E-state index in [2.05, 4.69) is 19.5 Å². The highest BCUT2D eigenvalue weighted by atomic mass is 32.1. The molecule has 0 unspecified atom stereocenters. The fourth-order valence-electron chi connectivity index (χ4n) is 1.08. The number of nitrogens with two attached hydrogens (primary N) is 1. The van der Waals surface area contributed by atoms with Gasteiger partial charge in [0, 0.05) is 23.9 Å². The van der Waals surface area contributed by atoms with E-state index in [1.54, 1.807) is 23.9 Å². The first-order valence-corrected chi connectivity index (χ1v) is 4.81. The van der Waals surface area contributed by atoms with Crippen LogP contribution < -0.4 is 5.73 Å². The van der Waals surface area contributed by atoms with Crippen molar-refractivity contribution in [2.24, 2.45) is 10.9 Å². The minimum atomic E-state index is -0.0622. The molecule has 0 saturated carbocycles. The Hall–Kier alpha value is -1.96.